The number of hydrogen-bond donors (Lipinski definition) is 4. The van der Waals surface area contributed by atoms with Gasteiger partial charge >= 0.3 is 5.69 Å². The Balaban J connectivity index is 1.56. The first-order valence-electron chi connectivity index (χ1n) is 10.2. The van der Waals surface area contributed by atoms with Crippen LogP contribution in [0.2, 0.25) is 0 Å². The summed E-state index contributed by atoms with van der Waals surface area (Å²) in [6.45, 7) is 8.44. The van der Waals surface area contributed by atoms with Crippen molar-refractivity contribution in [1.82, 2.24) is 35.5 Å². The summed E-state index contributed by atoms with van der Waals surface area (Å²) in [5, 5.41) is 18.7. The van der Waals surface area contributed by atoms with Crippen LogP contribution in [-0.4, -0.2) is 47.3 Å². The average Bonchev–Trinajstić information content (AvgIpc) is 3.09. The van der Waals surface area contributed by atoms with Crippen LogP contribution in [0.25, 0.3) is 5.69 Å². The number of hydrogen-bond acceptors (Lipinski definition) is 8. The van der Waals surface area contributed by atoms with Crippen LogP contribution in [0.4, 0.5) is 26.2 Å². The topological polar surface area (TPSA) is 125 Å². The van der Waals surface area contributed by atoms with Crippen molar-refractivity contribution in [2.75, 3.05) is 10.6 Å². The Bertz CT molecular complexity index is 1170. The molecule has 0 bridgehead atoms. The van der Waals surface area contributed by atoms with E-state index in [4.69, 9.17) is 0 Å². The summed E-state index contributed by atoms with van der Waals surface area (Å²) in [4.78, 5) is 20.0. The maximum Gasteiger partial charge on any atom is 0.365 e. The van der Waals surface area contributed by atoms with Crippen molar-refractivity contribution in [3.05, 3.63) is 46.5 Å². The third-order valence-electron chi connectivity index (χ3n) is 5.18. The van der Waals surface area contributed by atoms with E-state index in [1.165, 1.54) is 18.2 Å². The van der Waals surface area contributed by atoms with E-state index in [0.29, 0.717) is 5.69 Å². The summed E-state index contributed by atoms with van der Waals surface area (Å²) in [7, 11) is 0. The number of halogens is 2. The van der Waals surface area contributed by atoms with Gasteiger partial charge in [-0.25, -0.2) is 23.7 Å². The van der Waals surface area contributed by atoms with Gasteiger partial charge in [0.1, 0.15) is 11.5 Å². The fourth-order valence-electron chi connectivity index (χ4n) is 4.38. The second kappa shape index (κ2) is 7.93. The summed E-state index contributed by atoms with van der Waals surface area (Å²) < 4.78 is 29.4. The lowest BCUT2D eigenvalue weighted by Gasteiger charge is -2.46. The van der Waals surface area contributed by atoms with Gasteiger partial charge in [0, 0.05) is 22.8 Å². The van der Waals surface area contributed by atoms with Crippen LogP contribution in [0.5, 0.6) is 0 Å². The molecule has 4 rings (SSSR count). The Morgan fingerprint density at radius 3 is 2.50 bits per heavy atom. The van der Waals surface area contributed by atoms with Gasteiger partial charge in [-0.1, -0.05) is 0 Å². The number of benzene rings is 1. The molecule has 2 aromatic heterocycles. The number of rotatable bonds is 5. The quantitative estimate of drug-likeness (QED) is 0.472. The lowest BCUT2D eigenvalue weighted by atomic mass is 9.79. The highest BCUT2D eigenvalue weighted by atomic mass is 19.1. The number of aromatic amines is 1. The van der Waals surface area contributed by atoms with Gasteiger partial charge in [-0.3, -0.25) is 0 Å². The molecule has 4 N–H and O–H groups in total. The van der Waals surface area contributed by atoms with E-state index < -0.39 is 17.3 Å². The maximum atomic E-state index is 14.5. The zero-order chi connectivity index (χ0) is 23.1. The third kappa shape index (κ3) is 4.74. The van der Waals surface area contributed by atoms with Crippen LogP contribution < -0.4 is 21.6 Å². The first-order chi connectivity index (χ1) is 15.0. The average molecular weight is 445 g/mol. The van der Waals surface area contributed by atoms with Gasteiger partial charge in [0.15, 0.2) is 11.6 Å². The van der Waals surface area contributed by atoms with Gasteiger partial charge in [0.2, 0.25) is 5.95 Å². The van der Waals surface area contributed by atoms with Crippen LogP contribution >= 0.6 is 0 Å². The fraction of sp³-hybridized carbons (Fsp3) is 0.450. The predicted octanol–water partition coefficient (Wildman–Crippen LogP) is 2.49. The summed E-state index contributed by atoms with van der Waals surface area (Å²) in [6, 6.07) is 3.98. The minimum absolute atomic E-state index is 0.00923. The highest BCUT2D eigenvalue weighted by molar-refractivity contribution is 5.58. The first-order valence-corrected chi connectivity index (χ1v) is 10.2. The van der Waals surface area contributed by atoms with Crippen LogP contribution in [0, 0.1) is 11.6 Å². The molecular weight excluding hydrogens is 420 g/mol. The van der Waals surface area contributed by atoms with Gasteiger partial charge in [-0.2, -0.15) is 9.67 Å². The molecule has 1 aromatic carbocycles. The molecule has 1 saturated heterocycles. The lowest BCUT2D eigenvalue weighted by Crippen LogP contribution is -2.60. The van der Waals surface area contributed by atoms with E-state index in [2.05, 4.69) is 69.1 Å². The smallest absolute Gasteiger partial charge is 0.365 e. The standard InChI is InChI=1S/C20H25F2N9O/c1-19(2)8-12(9-20(3,4)28-19)24-16-14(22)10-23-17(26-16)25-11-5-6-13(21)15(7-11)31-18(32)27-29-30-31/h5-7,10,12,28H,8-9H2,1-4H3,(H,27,30,32)(H2,23,24,25,26). The summed E-state index contributed by atoms with van der Waals surface area (Å²) in [5.74, 6) is -1.04. The van der Waals surface area contributed by atoms with E-state index in [-0.39, 0.29) is 34.6 Å². The van der Waals surface area contributed by atoms with Crippen LogP contribution in [-0.2, 0) is 0 Å². The van der Waals surface area contributed by atoms with Gasteiger partial charge in [0.25, 0.3) is 0 Å². The summed E-state index contributed by atoms with van der Waals surface area (Å²) >= 11 is 0. The number of aromatic nitrogens is 6. The number of piperidine rings is 1. The molecule has 10 nitrogen and oxygen atoms in total. The van der Waals surface area contributed by atoms with Crippen molar-refractivity contribution in [2.24, 2.45) is 0 Å². The minimum atomic E-state index is -0.682. The van der Waals surface area contributed by atoms with Crippen molar-refractivity contribution in [2.45, 2.75) is 57.7 Å². The van der Waals surface area contributed by atoms with Gasteiger partial charge in [-0.15, -0.1) is 0 Å². The summed E-state index contributed by atoms with van der Waals surface area (Å²) in [5.41, 5.74) is -0.633. The van der Waals surface area contributed by atoms with Crippen LogP contribution in [0.1, 0.15) is 40.5 Å². The Morgan fingerprint density at radius 2 is 1.84 bits per heavy atom. The number of anilines is 3. The molecule has 0 radical (unpaired) electrons. The molecule has 3 heterocycles. The van der Waals surface area contributed by atoms with E-state index in [9.17, 15) is 13.6 Å². The molecule has 0 aliphatic carbocycles. The Hall–Kier alpha value is -3.41. The van der Waals surface area contributed by atoms with Crippen molar-refractivity contribution in [3.63, 3.8) is 0 Å². The van der Waals surface area contributed by atoms with Gasteiger partial charge in [0.05, 0.1) is 6.20 Å². The largest absolute Gasteiger partial charge is 0.365 e. The van der Waals surface area contributed by atoms with Crippen molar-refractivity contribution >= 4 is 17.5 Å². The Morgan fingerprint density at radius 1 is 1.12 bits per heavy atom. The molecule has 0 atom stereocenters. The van der Waals surface area contributed by atoms with Crippen LogP contribution in [0.3, 0.4) is 0 Å². The number of nitrogens with zero attached hydrogens (tertiary/aromatic N) is 5. The molecule has 0 unspecified atom stereocenters. The molecule has 0 saturated carbocycles. The number of H-pyrrole nitrogens is 1. The molecule has 1 fully saturated rings. The van der Waals surface area contributed by atoms with Crippen molar-refractivity contribution in [1.29, 1.82) is 0 Å². The van der Waals surface area contributed by atoms with E-state index in [0.717, 1.165) is 23.7 Å². The number of tetrazole rings is 1. The molecule has 1 aliphatic rings. The second-order valence-electron chi connectivity index (χ2n) is 9.24. The van der Waals surface area contributed by atoms with E-state index in [1.807, 2.05) is 0 Å². The van der Waals surface area contributed by atoms with Crippen molar-refractivity contribution in [3.8, 4) is 5.69 Å². The van der Waals surface area contributed by atoms with E-state index >= 15 is 0 Å². The normalized spacial score (nSPS) is 17.8. The van der Waals surface area contributed by atoms with Gasteiger partial charge in [-0.05, 0) is 69.2 Å². The molecule has 12 heteroatoms. The SMILES string of the molecule is CC1(C)CC(Nc2nc(Nc3ccc(F)c(-n4nn[nH]c4=O)c3)ncc2F)CC(C)(C)N1. The van der Waals surface area contributed by atoms with E-state index in [1.54, 1.807) is 0 Å². The zero-order valence-corrected chi connectivity index (χ0v) is 18.2. The molecule has 170 valence electrons. The molecule has 3 aromatic rings. The maximum absolute atomic E-state index is 14.5. The van der Waals surface area contributed by atoms with Crippen molar-refractivity contribution < 1.29 is 8.78 Å². The minimum Gasteiger partial charge on any atom is -0.365 e. The summed E-state index contributed by atoms with van der Waals surface area (Å²) in [6.07, 6.45) is 2.65. The Labute approximate surface area is 182 Å². The zero-order valence-electron chi connectivity index (χ0n) is 18.2. The first kappa shape index (κ1) is 21.8. The third-order valence-corrected chi connectivity index (χ3v) is 5.18. The molecule has 0 amide bonds. The molecule has 32 heavy (non-hydrogen) atoms. The lowest BCUT2D eigenvalue weighted by molar-refractivity contribution is 0.170. The number of nitrogens with one attached hydrogen (secondary N) is 4. The molecule has 1 aliphatic heterocycles. The highest BCUT2D eigenvalue weighted by Crippen LogP contribution is 2.31. The van der Waals surface area contributed by atoms with Crippen LogP contribution in [0.15, 0.2) is 29.2 Å². The highest BCUT2D eigenvalue weighted by Gasteiger charge is 2.38. The monoisotopic (exact) mass is 445 g/mol. The Kier molecular flexibility index (Phi) is 5.41. The predicted molar refractivity (Wildman–Crippen MR) is 115 cm³/mol. The molecular formula is C20H25F2N9O. The fourth-order valence-corrected chi connectivity index (χ4v) is 4.38. The second-order valence-corrected chi connectivity index (χ2v) is 9.24. The van der Waals surface area contributed by atoms with Gasteiger partial charge < -0.3 is 16.0 Å². The molecule has 0 spiro atoms.